The molecule has 0 saturated heterocycles. The van der Waals surface area contributed by atoms with E-state index in [-0.39, 0.29) is 21.8 Å². The van der Waals surface area contributed by atoms with Crippen LogP contribution in [0.3, 0.4) is 0 Å². The fraction of sp³-hybridized carbons (Fsp3) is 0.0714. The first-order chi connectivity index (χ1) is 9.93. The molecule has 0 fully saturated rings. The van der Waals surface area contributed by atoms with E-state index in [0.29, 0.717) is 11.3 Å². The number of halogens is 1. The highest BCUT2D eigenvalue weighted by atomic mass is 35.5. The zero-order chi connectivity index (χ0) is 15.6. The first-order valence-electron chi connectivity index (χ1n) is 5.79. The zero-order valence-electron chi connectivity index (χ0n) is 10.9. The Balaban J connectivity index is 2.65. The number of nitrogens with zero attached hydrogens (tertiary/aromatic N) is 1. The molecule has 0 unspecified atom stereocenters. The van der Waals surface area contributed by atoms with Gasteiger partial charge in [0.05, 0.1) is 22.6 Å². The summed E-state index contributed by atoms with van der Waals surface area (Å²) in [4.78, 5) is 21.5. The number of ether oxygens (including phenoxy) is 1. The predicted molar refractivity (Wildman–Crippen MR) is 77.1 cm³/mol. The molecule has 1 N–H and O–H groups in total. The lowest BCUT2D eigenvalue weighted by Gasteiger charge is -2.09. The Morgan fingerprint density at radius 2 is 2.00 bits per heavy atom. The molecular formula is C14H10ClNO5. The lowest BCUT2D eigenvalue weighted by Crippen LogP contribution is -2.01. The SMILES string of the molecule is COc1ccc(-c2cc([N+](=O)[O-])ccc2C(=O)O)cc1Cl. The minimum absolute atomic E-state index is 0.0400. The summed E-state index contributed by atoms with van der Waals surface area (Å²) in [6.07, 6.45) is 0. The van der Waals surface area contributed by atoms with Crippen LogP contribution in [0.1, 0.15) is 10.4 Å². The van der Waals surface area contributed by atoms with E-state index < -0.39 is 10.9 Å². The standard InChI is InChI=1S/C14H10ClNO5/c1-21-13-5-2-8(6-12(13)15)11-7-9(16(19)20)3-4-10(11)14(17)18/h2-7H,1H3,(H,17,18). The van der Waals surface area contributed by atoms with E-state index in [9.17, 15) is 20.0 Å². The van der Waals surface area contributed by atoms with Gasteiger partial charge in [0.1, 0.15) is 5.75 Å². The minimum Gasteiger partial charge on any atom is -0.495 e. The van der Waals surface area contributed by atoms with E-state index in [2.05, 4.69) is 0 Å². The number of carboxylic acids is 1. The summed E-state index contributed by atoms with van der Waals surface area (Å²) in [5.41, 5.74) is 0.451. The maximum absolute atomic E-state index is 11.3. The Morgan fingerprint density at radius 3 is 2.52 bits per heavy atom. The van der Waals surface area contributed by atoms with Gasteiger partial charge in [-0.2, -0.15) is 0 Å². The van der Waals surface area contributed by atoms with Crippen LogP contribution < -0.4 is 4.74 Å². The number of carbonyl (C=O) groups is 1. The Labute approximate surface area is 124 Å². The monoisotopic (exact) mass is 307 g/mol. The first-order valence-corrected chi connectivity index (χ1v) is 6.17. The van der Waals surface area contributed by atoms with Gasteiger partial charge in [-0.3, -0.25) is 10.1 Å². The molecule has 2 aromatic carbocycles. The van der Waals surface area contributed by atoms with Crippen molar-refractivity contribution in [2.75, 3.05) is 7.11 Å². The summed E-state index contributed by atoms with van der Waals surface area (Å²) in [5.74, 6) is -0.741. The second-order valence-corrected chi connectivity index (χ2v) is 4.55. The molecule has 21 heavy (non-hydrogen) atoms. The topological polar surface area (TPSA) is 89.7 Å². The van der Waals surface area contributed by atoms with E-state index in [0.717, 1.165) is 6.07 Å². The third-order valence-corrected chi connectivity index (χ3v) is 3.20. The number of aromatic carboxylic acids is 1. The fourth-order valence-corrected chi connectivity index (χ4v) is 2.16. The van der Waals surface area contributed by atoms with Crippen molar-refractivity contribution in [2.24, 2.45) is 0 Å². The molecule has 6 nitrogen and oxygen atoms in total. The number of nitro groups is 1. The highest BCUT2D eigenvalue weighted by Crippen LogP contribution is 2.33. The van der Waals surface area contributed by atoms with E-state index in [1.165, 1.54) is 25.3 Å². The van der Waals surface area contributed by atoms with Crippen LogP contribution in [-0.4, -0.2) is 23.1 Å². The lowest BCUT2D eigenvalue weighted by atomic mass is 9.99. The molecule has 0 amide bonds. The number of nitro benzene ring substituents is 1. The number of non-ortho nitro benzene ring substituents is 1. The molecular weight excluding hydrogens is 298 g/mol. The van der Waals surface area contributed by atoms with Gasteiger partial charge in [0, 0.05) is 17.7 Å². The van der Waals surface area contributed by atoms with E-state index in [1.54, 1.807) is 12.1 Å². The minimum atomic E-state index is -1.17. The van der Waals surface area contributed by atoms with Crippen molar-refractivity contribution in [1.29, 1.82) is 0 Å². The van der Waals surface area contributed by atoms with Crippen molar-refractivity contribution in [3.05, 3.63) is 57.1 Å². The van der Waals surface area contributed by atoms with Gasteiger partial charge in [-0.15, -0.1) is 0 Å². The van der Waals surface area contributed by atoms with Gasteiger partial charge in [0.25, 0.3) is 5.69 Å². The Morgan fingerprint density at radius 1 is 1.29 bits per heavy atom. The van der Waals surface area contributed by atoms with Crippen LogP contribution in [0, 0.1) is 10.1 Å². The molecule has 2 aromatic rings. The molecule has 0 aliphatic carbocycles. The summed E-state index contributed by atoms with van der Waals surface area (Å²) in [5, 5.41) is 20.3. The molecule has 0 bridgehead atoms. The average molecular weight is 308 g/mol. The zero-order valence-corrected chi connectivity index (χ0v) is 11.6. The number of hydrogen-bond acceptors (Lipinski definition) is 4. The Bertz CT molecular complexity index is 729. The van der Waals surface area contributed by atoms with Gasteiger partial charge in [-0.05, 0) is 23.8 Å². The highest BCUT2D eigenvalue weighted by Gasteiger charge is 2.17. The lowest BCUT2D eigenvalue weighted by molar-refractivity contribution is -0.384. The van der Waals surface area contributed by atoms with Crippen LogP contribution >= 0.6 is 11.6 Å². The maximum atomic E-state index is 11.3. The molecule has 0 atom stereocenters. The van der Waals surface area contributed by atoms with Crippen molar-refractivity contribution < 1.29 is 19.6 Å². The van der Waals surface area contributed by atoms with Crippen molar-refractivity contribution in [1.82, 2.24) is 0 Å². The van der Waals surface area contributed by atoms with Crippen LogP contribution in [-0.2, 0) is 0 Å². The van der Waals surface area contributed by atoms with E-state index in [4.69, 9.17) is 16.3 Å². The van der Waals surface area contributed by atoms with Crippen LogP contribution in [0.2, 0.25) is 5.02 Å². The van der Waals surface area contributed by atoms with E-state index >= 15 is 0 Å². The summed E-state index contributed by atoms with van der Waals surface area (Å²) in [6.45, 7) is 0. The summed E-state index contributed by atoms with van der Waals surface area (Å²) in [6, 6.07) is 8.23. The van der Waals surface area contributed by atoms with Crippen LogP contribution in [0.25, 0.3) is 11.1 Å². The smallest absolute Gasteiger partial charge is 0.336 e. The molecule has 7 heteroatoms. The second kappa shape index (κ2) is 5.80. The number of methoxy groups -OCH3 is 1. The van der Waals surface area contributed by atoms with Gasteiger partial charge in [-0.1, -0.05) is 17.7 Å². The highest BCUT2D eigenvalue weighted by molar-refractivity contribution is 6.32. The number of rotatable bonds is 4. The summed E-state index contributed by atoms with van der Waals surface area (Å²) < 4.78 is 5.02. The Kier molecular flexibility index (Phi) is 4.09. The molecule has 0 saturated carbocycles. The fourth-order valence-electron chi connectivity index (χ4n) is 1.91. The second-order valence-electron chi connectivity index (χ2n) is 4.14. The quantitative estimate of drug-likeness (QED) is 0.688. The normalized spacial score (nSPS) is 10.2. The van der Waals surface area contributed by atoms with Gasteiger partial charge in [-0.25, -0.2) is 4.79 Å². The molecule has 0 aromatic heterocycles. The molecule has 0 spiro atoms. The molecule has 0 aliphatic rings. The van der Waals surface area contributed by atoms with Gasteiger partial charge in [0.15, 0.2) is 0 Å². The molecule has 0 radical (unpaired) electrons. The van der Waals surface area contributed by atoms with Crippen molar-refractivity contribution >= 4 is 23.3 Å². The van der Waals surface area contributed by atoms with Crippen LogP contribution in [0.4, 0.5) is 5.69 Å². The van der Waals surface area contributed by atoms with Gasteiger partial charge >= 0.3 is 5.97 Å². The molecule has 0 aliphatic heterocycles. The van der Waals surface area contributed by atoms with Crippen LogP contribution in [0.15, 0.2) is 36.4 Å². The number of benzene rings is 2. The maximum Gasteiger partial charge on any atom is 0.336 e. The average Bonchev–Trinajstić information content (AvgIpc) is 2.46. The largest absolute Gasteiger partial charge is 0.495 e. The third-order valence-electron chi connectivity index (χ3n) is 2.91. The van der Waals surface area contributed by atoms with Crippen molar-refractivity contribution in [3.8, 4) is 16.9 Å². The molecule has 2 rings (SSSR count). The number of carboxylic acid groups (broad SMARTS) is 1. The summed E-state index contributed by atoms with van der Waals surface area (Å²) in [7, 11) is 1.46. The van der Waals surface area contributed by atoms with Crippen LogP contribution in [0.5, 0.6) is 5.75 Å². The molecule has 108 valence electrons. The molecule has 0 heterocycles. The number of hydrogen-bond donors (Lipinski definition) is 1. The van der Waals surface area contributed by atoms with Crippen molar-refractivity contribution in [3.63, 3.8) is 0 Å². The first kappa shape index (κ1) is 14.8. The van der Waals surface area contributed by atoms with E-state index in [1.807, 2.05) is 0 Å². The predicted octanol–water partition coefficient (Wildman–Crippen LogP) is 3.62. The van der Waals surface area contributed by atoms with Gasteiger partial charge < -0.3 is 9.84 Å². The Hall–Kier alpha value is -2.60. The van der Waals surface area contributed by atoms with Crippen molar-refractivity contribution in [2.45, 2.75) is 0 Å². The summed E-state index contributed by atoms with van der Waals surface area (Å²) >= 11 is 6.01. The van der Waals surface area contributed by atoms with Gasteiger partial charge in [0.2, 0.25) is 0 Å². The third kappa shape index (κ3) is 2.95.